The summed E-state index contributed by atoms with van der Waals surface area (Å²) in [6.07, 6.45) is 2.74. The van der Waals surface area contributed by atoms with E-state index in [1.165, 1.54) is 0 Å². The number of aliphatic hydroxyl groups excluding tert-OH is 1. The van der Waals surface area contributed by atoms with Crippen LogP contribution >= 0.6 is 0 Å². The van der Waals surface area contributed by atoms with Crippen molar-refractivity contribution < 1.29 is 24.2 Å². The zero-order chi connectivity index (χ0) is 26.4. The van der Waals surface area contributed by atoms with Gasteiger partial charge in [-0.1, -0.05) is 43.2 Å². The summed E-state index contributed by atoms with van der Waals surface area (Å²) in [6.45, 7) is 11.1. The predicted molar refractivity (Wildman–Crippen MR) is 144 cm³/mol. The SMILES string of the molecule is CCCCOc1ccc(/C(O)=C2/C(=O)C(=O)N(CCCN3CCOCC3)C2c2ccc(C)cc2)cc1C. The van der Waals surface area contributed by atoms with Gasteiger partial charge in [-0.15, -0.1) is 0 Å². The lowest BCUT2D eigenvalue weighted by molar-refractivity contribution is -0.140. The number of aryl methyl sites for hydroxylation is 2. The van der Waals surface area contributed by atoms with E-state index in [9.17, 15) is 14.7 Å². The van der Waals surface area contributed by atoms with Crippen LogP contribution in [0.4, 0.5) is 0 Å². The molecule has 2 saturated heterocycles. The van der Waals surface area contributed by atoms with E-state index in [0.29, 0.717) is 18.7 Å². The number of likely N-dealkylation sites (tertiary alicyclic amines) is 1. The second kappa shape index (κ2) is 12.4. The van der Waals surface area contributed by atoms with Gasteiger partial charge in [0.25, 0.3) is 11.7 Å². The maximum absolute atomic E-state index is 13.3. The van der Waals surface area contributed by atoms with Gasteiger partial charge in [-0.25, -0.2) is 0 Å². The maximum atomic E-state index is 13.3. The Balaban J connectivity index is 1.64. The van der Waals surface area contributed by atoms with Crippen molar-refractivity contribution in [1.29, 1.82) is 0 Å². The molecule has 0 aromatic heterocycles. The average molecular weight is 507 g/mol. The fourth-order valence-electron chi connectivity index (χ4n) is 4.94. The molecule has 7 heteroatoms. The van der Waals surface area contributed by atoms with Gasteiger partial charge < -0.3 is 19.5 Å². The molecule has 2 aromatic rings. The Morgan fingerprint density at radius 2 is 1.76 bits per heavy atom. The van der Waals surface area contributed by atoms with E-state index in [-0.39, 0.29) is 11.3 Å². The smallest absolute Gasteiger partial charge is 0.295 e. The van der Waals surface area contributed by atoms with Crippen molar-refractivity contribution in [3.05, 3.63) is 70.3 Å². The Labute approximate surface area is 219 Å². The first-order chi connectivity index (χ1) is 17.9. The highest BCUT2D eigenvalue weighted by Gasteiger charge is 2.45. The van der Waals surface area contributed by atoms with Gasteiger partial charge in [-0.2, -0.15) is 0 Å². The fourth-order valence-corrected chi connectivity index (χ4v) is 4.94. The molecule has 1 unspecified atom stereocenters. The zero-order valence-corrected chi connectivity index (χ0v) is 22.2. The number of ketones is 1. The first kappa shape index (κ1) is 26.9. The highest BCUT2D eigenvalue weighted by molar-refractivity contribution is 6.46. The van der Waals surface area contributed by atoms with Crippen LogP contribution in [0.2, 0.25) is 0 Å². The van der Waals surface area contributed by atoms with Crippen molar-refractivity contribution in [2.45, 2.75) is 46.1 Å². The number of amides is 1. The van der Waals surface area contributed by atoms with E-state index >= 15 is 0 Å². The lowest BCUT2D eigenvalue weighted by atomic mass is 9.94. The van der Waals surface area contributed by atoms with Crippen molar-refractivity contribution in [2.24, 2.45) is 0 Å². The van der Waals surface area contributed by atoms with Crippen LogP contribution in [-0.2, 0) is 14.3 Å². The molecule has 198 valence electrons. The third-order valence-electron chi connectivity index (χ3n) is 7.11. The summed E-state index contributed by atoms with van der Waals surface area (Å²) in [5, 5.41) is 11.4. The minimum Gasteiger partial charge on any atom is -0.507 e. The predicted octanol–water partition coefficient (Wildman–Crippen LogP) is 4.63. The lowest BCUT2D eigenvalue weighted by Crippen LogP contribution is -2.38. The van der Waals surface area contributed by atoms with Gasteiger partial charge >= 0.3 is 0 Å². The Kier molecular flexibility index (Phi) is 9.00. The molecule has 2 heterocycles. The van der Waals surface area contributed by atoms with Gasteiger partial charge in [0.15, 0.2) is 0 Å². The van der Waals surface area contributed by atoms with Gasteiger partial charge in [0.2, 0.25) is 0 Å². The molecule has 2 fully saturated rings. The molecular formula is C30H38N2O5. The molecule has 1 atom stereocenters. The highest BCUT2D eigenvalue weighted by atomic mass is 16.5. The summed E-state index contributed by atoms with van der Waals surface area (Å²) < 4.78 is 11.3. The van der Waals surface area contributed by atoms with Crippen LogP contribution in [0, 0.1) is 13.8 Å². The minimum atomic E-state index is -0.643. The number of carbonyl (C=O) groups excluding carboxylic acids is 2. The number of hydrogen-bond donors (Lipinski definition) is 1. The third kappa shape index (κ3) is 6.22. The standard InChI is InChI=1S/C30H38N2O5/c1-4-5-17-37-25-12-11-24(20-22(25)3)28(33)26-27(23-9-7-21(2)8-10-23)32(30(35)29(26)34)14-6-13-31-15-18-36-19-16-31/h7-12,20,27,33H,4-6,13-19H2,1-3H3/b28-26-. The van der Waals surface area contributed by atoms with Crippen LogP contribution in [0.15, 0.2) is 48.0 Å². The van der Waals surface area contributed by atoms with Gasteiger partial charge in [0.05, 0.1) is 31.4 Å². The van der Waals surface area contributed by atoms with Crippen LogP contribution in [0.5, 0.6) is 5.75 Å². The van der Waals surface area contributed by atoms with Gasteiger partial charge in [-0.05, 0) is 56.0 Å². The first-order valence-electron chi connectivity index (χ1n) is 13.3. The summed E-state index contributed by atoms with van der Waals surface area (Å²) >= 11 is 0. The topological polar surface area (TPSA) is 79.3 Å². The monoisotopic (exact) mass is 506 g/mol. The molecule has 1 N–H and O–H groups in total. The van der Waals surface area contributed by atoms with E-state index in [2.05, 4.69) is 11.8 Å². The second-order valence-corrected chi connectivity index (χ2v) is 9.89. The molecule has 37 heavy (non-hydrogen) atoms. The minimum absolute atomic E-state index is 0.138. The second-order valence-electron chi connectivity index (χ2n) is 9.89. The molecule has 7 nitrogen and oxygen atoms in total. The number of aliphatic hydroxyl groups is 1. The quantitative estimate of drug-likeness (QED) is 0.219. The number of morpholine rings is 1. The Bertz CT molecular complexity index is 1140. The van der Waals surface area contributed by atoms with E-state index in [1.54, 1.807) is 11.0 Å². The van der Waals surface area contributed by atoms with Crippen molar-refractivity contribution in [2.75, 3.05) is 46.0 Å². The molecule has 1 amide bonds. The van der Waals surface area contributed by atoms with Crippen LogP contribution in [0.1, 0.15) is 54.5 Å². The summed E-state index contributed by atoms with van der Waals surface area (Å²) in [6, 6.07) is 12.6. The highest BCUT2D eigenvalue weighted by Crippen LogP contribution is 2.40. The summed E-state index contributed by atoms with van der Waals surface area (Å²) in [4.78, 5) is 30.5. The van der Waals surface area contributed by atoms with E-state index in [0.717, 1.165) is 74.6 Å². The van der Waals surface area contributed by atoms with Crippen LogP contribution in [0.3, 0.4) is 0 Å². The van der Waals surface area contributed by atoms with Gasteiger partial charge in [-0.3, -0.25) is 14.5 Å². The zero-order valence-electron chi connectivity index (χ0n) is 22.2. The van der Waals surface area contributed by atoms with Gasteiger partial charge in [0, 0.05) is 31.7 Å². The molecule has 0 saturated carbocycles. The fraction of sp³-hybridized carbons (Fsp3) is 0.467. The largest absolute Gasteiger partial charge is 0.507 e. The third-order valence-corrected chi connectivity index (χ3v) is 7.11. The van der Waals surface area contributed by atoms with Crippen molar-refractivity contribution in [1.82, 2.24) is 9.80 Å². The molecule has 0 radical (unpaired) electrons. The molecular weight excluding hydrogens is 468 g/mol. The maximum Gasteiger partial charge on any atom is 0.295 e. The average Bonchev–Trinajstić information content (AvgIpc) is 3.15. The van der Waals surface area contributed by atoms with Crippen LogP contribution < -0.4 is 4.74 Å². The van der Waals surface area contributed by atoms with Crippen molar-refractivity contribution in [3.8, 4) is 5.75 Å². The van der Waals surface area contributed by atoms with Crippen molar-refractivity contribution >= 4 is 17.4 Å². The summed E-state index contributed by atoms with van der Waals surface area (Å²) in [5.74, 6) is -0.604. The normalized spacial score (nSPS) is 20.0. The van der Waals surface area contributed by atoms with Crippen molar-refractivity contribution in [3.63, 3.8) is 0 Å². The molecule has 2 aromatic carbocycles. The van der Waals surface area contributed by atoms with E-state index in [1.807, 2.05) is 50.2 Å². The lowest BCUT2D eigenvalue weighted by Gasteiger charge is -2.29. The van der Waals surface area contributed by atoms with E-state index in [4.69, 9.17) is 9.47 Å². The Morgan fingerprint density at radius 3 is 2.43 bits per heavy atom. The molecule has 0 spiro atoms. The number of ether oxygens (including phenoxy) is 2. The number of benzene rings is 2. The molecule has 0 aliphatic carbocycles. The van der Waals surface area contributed by atoms with Crippen LogP contribution in [-0.4, -0.2) is 72.6 Å². The first-order valence-corrected chi connectivity index (χ1v) is 13.3. The number of Topliss-reactive ketones (excluding diaryl/α,β-unsaturated/α-hetero) is 1. The number of unbranched alkanes of at least 4 members (excludes halogenated alkanes) is 1. The van der Waals surface area contributed by atoms with Gasteiger partial charge in [0.1, 0.15) is 11.5 Å². The number of carbonyl (C=O) groups is 2. The molecule has 4 rings (SSSR count). The summed E-state index contributed by atoms with van der Waals surface area (Å²) in [5.41, 5.74) is 3.41. The number of rotatable bonds is 10. The van der Waals surface area contributed by atoms with E-state index < -0.39 is 17.7 Å². The number of nitrogens with zero attached hydrogens (tertiary/aromatic N) is 2. The number of hydrogen-bond acceptors (Lipinski definition) is 6. The summed E-state index contributed by atoms with van der Waals surface area (Å²) in [7, 11) is 0. The van der Waals surface area contributed by atoms with Crippen LogP contribution in [0.25, 0.3) is 5.76 Å². The Hall–Kier alpha value is -3.16. The molecule has 0 bridgehead atoms. The molecule has 2 aliphatic heterocycles. The molecule has 2 aliphatic rings. The Morgan fingerprint density at radius 1 is 1.03 bits per heavy atom.